The van der Waals surface area contributed by atoms with Crippen LogP contribution in [0.1, 0.15) is 18.1 Å². The van der Waals surface area contributed by atoms with Crippen molar-refractivity contribution in [3.63, 3.8) is 0 Å². The third-order valence-electron chi connectivity index (χ3n) is 2.86. The lowest BCUT2D eigenvalue weighted by molar-refractivity contribution is -0.137. The molecule has 0 unspecified atom stereocenters. The van der Waals surface area contributed by atoms with Gasteiger partial charge in [-0.15, -0.1) is 0 Å². The van der Waals surface area contributed by atoms with E-state index in [1.54, 1.807) is 25.1 Å². The number of rotatable bonds is 4. The van der Waals surface area contributed by atoms with Gasteiger partial charge in [-0.3, -0.25) is 4.99 Å². The van der Waals surface area contributed by atoms with Crippen molar-refractivity contribution in [2.75, 3.05) is 6.61 Å². The first-order valence-electron chi connectivity index (χ1n) is 6.58. The zero-order valence-electron chi connectivity index (χ0n) is 11.8. The zero-order valence-corrected chi connectivity index (χ0v) is 11.8. The van der Waals surface area contributed by atoms with Crippen molar-refractivity contribution in [3.8, 4) is 11.5 Å². The van der Waals surface area contributed by atoms with Crippen molar-refractivity contribution >= 4 is 11.9 Å². The Hall–Kier alpha value is -2.50. The number of hydrogen-bond donors (Lipinski definition) is 1. The Morgan fingerprint density at radius 3 is 2.59 bits per heavy atom. The van der Waals surface area contributed by atoms with Gasteiger partial charge in [-0.2, -0.15) is 13.2 Å². The quantitative estimate of drug-likeness (QED) is 0.841. The minimum atomic E-state index is -4.41. The molecular formula is C16H14F3NO2. The molecule has 2 rings (SSSR count). The number of halogens is 3. The molecule has 0 bridgehead atoms. The van der Waals surface area contributed by atoms with Crippen molar-refractivity contribution in [3.05, 3.63) is 53.6 Å². The Morgan fingerprint density at radius 2 is 1.91 bits per heavy atom. The van der Waals surface area contributed by atoms with Crippen LogP contribution in [0.2, 0.25) is 0 Å². The number of hydrogen-bond acceptors (Lipinski definition) is 3. The largest absolute Gasteiger partial charge is 0.504 e. The normalized spacial score (nSPS) is 11.8. The van der Waals surface area contributed by atoms with Crippen LogP contribution >= 0.6 is 0 Å². The summed E-state index contributed by atoms with van der Waals surface area (Å²) >= 11 is 0. The van der Waals surface area contributed by atoms with Crippen molar-refractivity contribution in [1.82, 2.24) is 0 Å². The highest BCUT2D eigenvalue weighted by molar-refractivity contribution is 5.86. The molecule has 0 amide bonds. The van der Waals surface area contributed by atoms with Gasteiger partial charge in [-0.25, -0.2) is 0 Å². The van der Waals surface area contributed by atoms with Crippen molar-refractivity contribution in [2.24, 2.45) is 4.99 Å². The molecule has 0 radical (unpaired) electrons. The number of phenolic OH excluding ortho intramolecular Hbond substituents is 1. The van der Waals surface area contributed by atoms with Crippen molar-refractivity contribution in [1.29, 1.82) is 0 Å². The Kier molecular flexibility index (Phi) is 4.70. The highest BCUT2D eigenvalue weighted by atomic mass is 19.4. The number of nitrogens with zero attached hydrogens (tertiary/aromatic N) is 1. The van der Waals surface area contributed by atoms with Crippen LogP contribution in [0, 0.1) is 0 Å². The van der Waals surface area contributed by atoms with Gasteiger partial charge in [-0.1, -0.05) is 12.1 Å². The van der Waals surface area contributed by atoms with Gasteiger partial charge in [-0.05, 0) is 37.3 Å². The molecule has 0 fully saturated rings. The highest BCUT2D eigenvalue weighted by Gasteiger charge is 2.30. The van der Waals surface area contributed by atoms with E-state index in [0.717, 1.165) is 12.1 Å². The molecule has 2 aromatic carbocycles. The van der Waals surface area contributed by atoms with Gasteiger partial charge in [0.1, 0.15) is 0 Å². The molecule has 2 aromatic rings. The number of phenols is 1. The van der Waals surface area contributed by atoms with Gasteiger partial charge in [0.05, 0.1) is 17.9 Å². The molecule has 6 heteroatoms. The summed E-state index contributed by atoms with van der Waals surface area (Å²) in [4.78, 5) is 3.97. The van der Waals surface area contributed by atoms with E-state index in [2.05, 4.69) is 4.99 Å². The van der Waals surface area contributed by atoms with E-state index in [1.807, 2.05) is 0 Å². The van der Waals surface area contributed by atoms with Crippen LogP contribution in [0.25, 0.3) is 0 Å². The molecule has 0 aliphatic carbocycles. The molecule has 0 aromatic heterocycles. The molecule has 0 heterocycles. The minimum Gasteiger partial charge on any atom is -0.504 e. The lowest BCUT2D eigenvalue weighted by atomic mass is 10.2. The van der Waals surface area contributed by atoms with Gasteiger partial charge in [0.2, 0.25) is 0 Å². The summed E-state index contributed by atoms with van der Waals surface area (Å²) in [6, 6.07) is 9.51. The van der Waals surface area contributed by atoms with Crippen LogP contribution in [0.3, 0.4) is 0 Å². The Balaban J connectivity index is 2.28. The summed E-state index contributed by atoms with van der Waals surface area (Å²) in [6.45, 7) is 2.17. The molecule has 116 valence electrons. The second-order valence-electron chi connectivity index (χ2n) is 4.43. The summed E-state index contributed by atoms with van der Waals surface area (Å²) in [5.74, 6) is 0.204. The lowest BCUT2D eigenvalue weighted by Crippen LogP contribution is -2.03. The second kappa shape index (κ2) is 6.51. The van der Waals surface area contributed by atoms with E-state index < -0.39 is 11.7 Å². The van der Waals surface area contributed by atoms with Crippen LogP contribution < -0.4 is 4.74 Å². The highest BCUT2D eigenvalue weighted by Crippen LogP contribution is 2.32. The van der Waals surface area contributed by atoms with E-state index in [1.165, 1.54) is 18.3 Å². The Labute approximate surface area is 125 Å². The zero-order chi connectivity index (χ0) is 16.2. The van der Waals surface area contributed by atoms with Gasteiger partial charge in [0.25, 0.3) is 0 Å². The van der Waals surface area contributed by atoms with Crippen LogP contribution in [0.15, 0.2) is 47.5 Å². The van der Waals surface area contributed by atoms with E-state index in [4.69, 9.17) is 4.74 Å². The van der Waals surface area contributed by atoms with Crippen molar-refractivity contribution in [2.45, 2.75) is 13.1 Å². The summed E-state index contributed by atoms with van der Waals surface area (Å²) in [6.07, 6.45) is -3.12. The van der Waals surface area contributed by atoms with E-state index in [9.17, 15) is 18.3 Å². The summed E-state index contributed by atoms with van der Waals surface area (Å²) in [5.41, 5.74) is -0.256. The predicted molar refractivity (Wildman–Crippen MR) is 78.0 cm³/mol. The molecular weight excluding hydrogens is 295 g/mol. The third kappa shape index (κ3) is 3.78. The molecule has 0 atom stereocenters. The fourth-order valence-corrected chi connectivity index (χ4v) is 1.82. The fourth-order valence-electron chi connectivity index (χ4n) is 1.82. The van der Waals surface area contributed by atoms with E-state index in [-0.39, 0.29) is 11.4 Å². The standard InChI is InChI=1S/C16H14F3NO2/c1-2-22-14-8-3-5-11(15(14)21)10-20-13-7-4-6-12(9-13)16(17,18)19/h3-10,21H,2H2,1H3. The summed E-state index contributed by atoms with van der Waals surface area (Å²) in [7, 11) is 0. The fraction of sp³-hybridized carbons (Fsp3) is 0.188. The first kappa shape index (κ1) is 15.9. The van der Waals surface area contributed by atoms with Crippen LogP contribution in [0.5, 0.6) is 11.5 Å². The van der Waals surface area contributed by atoms with Crippen molar-refractivity contribution < 1.29 is 23.0 Å². The first-order chi connectivity index (χ1) is 10.4. The lowest BCUT2D eigenvalue weighted by Gasteiger charge is -2.08. The molecule has 1 N–H and O–H groups in total. The molecule has 0 aliphatic heterocycles. The Bertz CT molecular complexity index is 681. The minimum absolute atomic E-state index is 0.0972. The monoisotopic (exact) mass is 309 g/mol. The number of aliphatic imine (C=N–C) groups is 1. The maximum absolute atomic E-state index is 12.6. The maximum Gasteiger partial charge on any atom is 0.416 e. The Morgan fingerprint density at radius 1 is 1.18 bits per heavy atom. The van der Waals surface area contributed by atoms with Crippen LogP contribution in [0.4, 0.5) is 18.9 Å². The average molecular weight is 309 g/mol. The topological polar surface area (TPSA) is 41.8 Å². The van der Waals surface area contributed by atoms with Crippen LogP contribution in [-0.2, 0) is 6.18 Å². The number of benzene rings is 2. The number of para-hydroxylation sites is 1. The van der Waals surface area contributed by atoms with Gasteiger partial charge in [0, 0.05) is 11.8 Å². The van der Waals surface area contributed by atoms with Gasteiger partial charge >= 0.3 is 6.18 Å². The number of ether oxygens (including phenoxy) is 1. The van der Waals surface area contributed by atoms with Crippen LogP contribution in [-0.4, -0.2) is 17.9 Å². The van der Waals surface area contributed by atoms with Gasteiger partial charge < -0.3 is 9.84 Å². The summed E-state index contributed by atoms with van der Waals surface area (Å²) in [5, 5.41) is 9.99. The summed E-state index contributed by atoms with van der Waals surface area (Å²) < 4.78 is 43.1. The third-order valence-corrected chi connectivity index (χ3v) is 2.86. The molecule has 0 saturated carbocycles. The first-order valence-corrected chi connectivity index (χ1v) is 6.58. The molecule has 0 saturated heterocycles. The van der Waals surface area contributed by atoms with Gasteiger partial charge in [0.15, 0.2) is 11.5 Å². The molecule has 0 spiro atoms. The predicted octanol–water partition coefficient (Wildman–Crippen LogP) is 4.56. The molecule has 22 heavy (non-hydrogen) atoms. The maximum atomic E-state index is 12.6. The van der Waals surface area contributed by atoms with E-state index >= 15 is 0 Å². The number of aromatic hydroxyl groups is 1. The SMILES string of the molecule is CCOc1cccc(C=Nc2cccc(C(F)(F)F)c2)c1O. The molecule has 3 nitrogen and oxygen atoms in total. The second-order valence-corrected chi connectivity index (χ2v) is 4.43. The van der Waals surface area contributed by atoms with E-state index in [0.29, 0.717) is 17.9 Å². The average Bonchev–Trinajstić information content (AvgIpc) is 2.48. The number of alkyl halides is 3. The molecule has 0 aliphatic rings. The smallest absolute Gasteiger partial charge is 0.416 e.